The van der Waals surface area contributed by atoms with Gasteiger partial charge in [0.1, 0.15) is 30.5 Å². The second-order valence-corrected chi connectivity index (χ2v) is 12.3. The Hall–Kier alpha value is -7.00. The zero-order valence-corrected chi connectivity index (χ0v) is 26.5. The van der Waals surface area contributed by atoms with Gasteiger partial charge in [-0.2, -0.15) is 0 Å². The lowest BCUT2D eigenvalue weighted by Gasteiger charge is -2.40. The number of ether oxygens (including phenoxy) is 3. The molecule has 4 aromatic carbocycles. The summed E-state index contributed by atoms with van der Waals surface area (Å²) in [7, 11) is 0. The highest BCUT2D eigenvalue weighted by Crippen LogP contribution is 2.55. The maximum absolute atomic E-state index is 13.9. The molecule has 278 valence electrons. The van der Waals surface area contributed by atoms with Crippen molar-refractivity contribution < 1.29 is 88.8 Å². The molecule has 5 atom stereocenters. The number of aliphatic hydroxyl groups is 3. The van der Waals surface area contributed by atoms with Gasteiger partial charge in [-0.25, -0.2) is 19.2 Å². The van der Waals surface area contributed by atoms with Gasteiger partial charge in [0.25, 0.3) is 0 Å². The van der Waals surface area contributed by atoms with Crippen molar-refractivity contribution in [3.05, 3.63) is 56.2 Å². The third kappa shape index (κ3) is 4.51. The van der Waals surface area contributed by atoms with Gasteiger partial charge in [0.05, 0.1) is 21.9 Å². The number of aromatic hydroxyl groups is 8. The first kappa shape index (κ1) is 34.1. The lowest BCUT2D eigenvalue weighted by Crippen LogP contribution is -2.60. The molecule has 0 aliphatic carbocycles. The molecule has 1 saturated heterocycles. The van der Waals surface area contributed by atoms with Gasteiger partial charge >= 0.3 is 23.2 Å². The first-order valence-electron chi connectivity index (χ1n) is 15.4. The van der Waals surface area contributed by atoms with Gasteiger partial charge in [0, 0.05) is 33.0 Å². The Morgan fingerprint density at radius 2 is 1.15 bits per heavy atom. The number of phenols is 8. The monoisotopic (exact) mass is 750 g/mol. The number of benzene rings is 4. The van der Waals surface area contributed by atoms with E-state index in [9.17, 15) is 75.3 Å². The molecule has 1 fully saturated rings. The maximum atomic E-state index is 13.9. The van der Waals surface area contributed by atoms with Crippen LogP contribution in [0.25, 0.3) is 55.0 Å². The van der Waals surface area contributed by atoms with Crippen LogP contribution in [0.15, 0.2) is 42.7 Å². The predicted molar refractivity (Wildman–Crippen MR) is 174 cm³/mol. The highest BCUT2D eigenvalue weighted by molar-refractivity contribution is 6.27. The van der Waals surface area contributed by atoms with E-state index in [0.717, 1.165) is 12.1 Å². The van der Waals surface area contributed by atoms with Crippen LogP contribution in [-0.4, -0.2) is 105 Å². The molecule has 5 unspecified atom stereocenters. The second kappa shape index (κ2) is 11.5. The Labute approximate surface area is 295 Å². The summed E-state index contributed by atoms with van der Waals surface area (Å²) in [6.07, 6.45) is -10.4. The van der Waals surface area contributed by atoms with Crippen LogP contribution >= 0.6 is 0 Å². The quantitative estimate of drug-likeness (QED) is 0.0438. The number of aliphatic hydroxyl groups excluding tert-OH is 3. The fourth-order valence-corrected chi connectivity index (χ4v) is 6.88. The van der Waals surface area contributed by atoms with E-state index in [1.54, 1.807) is 0 Å². The maximum Gasteiger partial charge on any atom is 0.345 e. The standard InChI is InChI=1S/C34H22O20/c35-9-3-7-13(22(39)20(9)37)6-1-2-11-16-15(6)32(47)54-29-18(16)19(33(48)51-11)17(24(41)25(29)42)14-8(4-10(36)21(38)23(14)40)30(45)50-5-12-28(53-31(7)46)26(43)27(44)34(49)52-12/h1-4,12,26-28,34-44,49H,5H2. The van der Waals surface area contributed by atoms with Crippen LogP contribution in [0.1, 0.15) is 20.7 Å². The topological polar surface area (TPSA) is 345 Å². The van der Waals surface area contributed by atoms with Crippen LogP contribution in [0.3, 0.4) is 0 Å². The smallest absolute Gasteiger partial charge is 0.345 e. The van der Waals surface area contributed by atoms with E-state index in [1.807, 2.05) is 0 Å². The molecule has 6 aromatic rings. The molecule has 0 radical (unpaired) electrons. The summed E-state index contributed by atoms with van der Waals surface area (Å²) >= 11 is 0. The summed E-state index contributed by atoms with van der Waals surface area (Å²) in [6.45, 7) is -1.08. The lowest BCUT2D eigenvalue weighted by molar-refractivity contribution is -0.285. The predicted octanol–water partition coefficient (Wildman–Crippen LogP) is 0.604. The van der Waals surface area contributed by atoms with Crippen molar-refractivity contribution >= 4 is 44.6 Å². The van der Waals surface area contributed by atoms with Gasteiger partial charge in [-0.3, -0.25) is 0 Å². The fourth-order valence-electron chi connectivity index (χ4n) is 6.88. The molecule has 8 rings (SSSR count). The van der Waals surface area contributed by atoms with Crippen LogP contribution < -0.4 is 11.3 Å². The van der Waals surface area contributed by atoms with Crippen molar-refractivity contribution in [1.82, 2.24) is 0 Å². The van der Waals surface area contributed by atoms with Gasteiger partial charge in [0.15, 0.2) is 46.7 Å². The Morgan fingerprint density at radius 3 is 1.81 bits per heavy atom. The first-order valence-corrected chi connectivity index (χ1v) is 15.4. The third-order valence-corrected chi connectivity index (χ3v) is 9.37. The summed E-state index contributed by atoms with van der Waals surface area (Å²) in [5.41, 5.74) is -8.89. The number of fused-ring (bicyclic) bond motifs is 5. The highest BCUT2D eigenvalue weighted by atomic mass is 16.7. The zero-order valence-electron chi connectivity index (χ0n) is 26.5. The Kier molecular flexibility index (Phi) is 7.26. The Morgan fingerprint density at radius 1 is 0.556 bits per heavy atom. The van der Waals surface area contributed by atoms with Gasteiger partial charge in [-0.1, -0.05) is 0 Å². The number of hydrogen-bond acceptors (Lipinski definition) is 20. The van der Waals surface area contributed by atoms with E-state index in [2.05, 4.69) is 0 Å². The number of rotatable bonds is 0. The average Bonchev–Trinajstić information content (AvgIpc) is 3.13. The highest BCUT2D eigenvalue weighted by Gasteiger charge is 2.47. The minimum atomic E-state index is -2.19. The fraction of sp³-hybridized carbons (Fsp3) is 0.176. The first-order chi connectivity index (χ1) is 25.5. The molecule has 2 aliphatic rings. The lowest BCUT2D eigenvalue weighted by atomic mass is 9.88. The van der Waals surface area contributed by atoms with Crippen molar-refractivity contribution in [1.29, 1.82) is 0 Å². The molecule has 0 spiro atoms. The average molecular weight is 751 g/mol. The summed E-state index contributed by atoms with van der Waals surface area (Å²) in [4.78, 5) is 55.2. The van der Waals surface area contributed by atoms with Gasteiger partial charge in [-0.15, -0.1) is 0 Å². The van der Waals surface area contributed by atoms with Crippen molar-refractivity contribution in [2.75, 3.05) is 6.61 Å². The van der Waals surface area contributed by atoms with Crippen molar-refractivity contribution in [2.24, 2.45) is 0 Å². The van der Waals surface area contributed by atoms with Crippen LogP contribution in [-0.2, 0) is 14.2 Å². The summed E-state index contributed by atoms with van der Waals surface area (Å²) < 4.78 is 26.7. The molecule has 20 heteroatoms. The van der Waals surface area contributed by atoms with Crippen molar-refractivity contribution in [3.63, 3.8) is 0 Å². The van der Waals surface area contributed by atoms with Crippen LogP contribution in [0.5, 0.6) is 46.0 Å². The van der Waals surface area contributed by atoms with E-state index >= 15 is 0 Å². The molecule has 20 nitrogen and oxygen atoms in total. The normalized spacial score (nSPS) is 21.6. The largest absolute Gasteiger partial charge is 0.504 e. The van der Waals surface area contributed by atoms with E-state index in [1.165, 1.54) is 0 Å². The number of hydrogen-bond donors (Lipinski definition) is 11. The van der Waals surface area contributed by atoms with Crippen LogP contribution in [0.4, 0.5) is 0 Å². The molecule has 4 heterocycles. The number of esters is 2. The van der Waals surface area contributed by atoms with E-state index in [0.29, 0.717) is 12.1 Å². The molecule has 2 aromatic heterocycles. The summed E-state index contributed by atoms with van der Waals surface area (Å²) in [6, 6.07) is 3.19. The molecule has 0 amide bonds. The minimum Gasteiger partial charge on any atom is -0.504 e. The molecule has 11 N–H and O–H groups in total. The molecule has 0 saturated carbocycles. The minimum absolute atomic E-state index is 0.416. The van der Waals surface area contributed by atoms with Crippen molar-refractivity contribution in [2.45, 2.75) is 30.7 Å². The number of carbonyl (C=O) groups excluding carboxylic acids is 2. The molecular weight excluding hydrogens is 728 g/mol. The van der Waals surface area contributed by atoms with Gasteiger partial charge < -0.3 is 79.2 Å². The molecular formula is C34H22O20. The zero-order chi connectivity index (χ0) is 38.8. The van der Waals surface area contributed by atoms with Crippen LogP contribution in [0.2, 0.25) is 0 Å². The Bertz CT molecular complexity index is 2760. The SMILES string of the molecule is O=C1OC2C(COC(=O)c3cc(O)c(O)c(O)c3-c3c(O)c(O)c4oc(=O)c5c(ccc6oc(=O)c3c4c65)-c3c1cc(O)c(O)c3O)OC(O)C(O)C2O. The summed E-state index contributed by atoms with van der Waals surface area (Å²) in [5.74, 6) is -13.0. The molecule has 6 bridgehead atoms. The molecule has 2 aliphatic heterocycles. The number of cyclic esters (lactones) is 1. The van der Waals surface area contributed by atoms with E-state index in [-0.39, 0.29) is 0 Å². The number of phenolic OH excluding ortho intramolecular Hbond substituents is 8. The number of carbonyl (C=O) groups is 2. The second-order valence-electron chi connectivity index (χ2n) is 12.3. The van der Waals surface area contributed by atoms with Crippen molar-refractivity contribution in [3.8, 4) is 68.2 Å². The van der Waals surface area contributed by atoms with E-state index < -0.39 is 173 Å². The molecule has 54 heavy (non-hydrogen) atoms. The third-order valence-electron chi connectivity index (χ3n) is 9.37. The van der Waals surface area contributed by atoms with Gasteiger partial charge in [0.2, 0.25) is 17.2 Å². The summed E-state index contributed by atoms with van der Waals surface area (Å²) in [5, 5.41) is 116. The van der Waals surface area contributed by atoms with Crippen LogP contribution in [0, 0.1) is 0 Å². The van der Waals surface area contributed by atoms with Gasteiger partial charge in [-0.05, 0) is 24.3 Å². The van der Waals surface area contributed by atoms with E-state index in [4.69, 9.17) is 23.0 Å². The Balaban J connectivity index is 1.58.